The predicted octanol–water partition coefficient (Wildman–Crippen LogP) is 3.21. The van der Waals surface area contributed by atoms with Crippen molar-refractivity contribution >= 4 is 6.09 Å². The Labute approximate surface area is 193 Å². The molecule has 1 aromatic carbocycles. The number of benzene rings is 1. The van der Waals surface area contributed by atoms with Crippen LogP contribution in [0.5, 0.6) is 5.75 Å². The first-order valence-electron chi connectivity index (χ1n) is 11.9. The summed E-state index contributed by atoms with van der Waals surface area (Å²) in [5, 5.41) is 9.46. The lowest BCUT2D eigenvalue weighted by Crippen LogP contribution is -2.49. The van der Waals surface area contributed by atoms with Gasteiger partial charge in [0.2, 0.25) is 0 Å². The Kier molecular flexibility index (Phi) is 8.42. The van der Waals surface area contributed by atoms with Gasteiger partial charge in [0.25, 0.3) is 0 Å². The average Bonchev–Trinajstić information content (AvgIpc) is 2.70. The fraction of sp³-hybridized carbons (Fsp3) is 0.720. The molecule has 0 unspecified atom stereocenters. The molecule has 0 radical (unpaired) electrons. The van der Waals surface area contributed by atoms with Gasteiger partial charge in [-0.25, -0.2) is 4.79 Å². The molecule has 1 N–H and O–H groups in total. The van der Waals surface area contributed by atoms with E-state index in [1.807, 2.05) is 32.9 Å². The van der Waals surface area contributed by atoms with Crippen LogP contribution in [0.3, 0.4) is 0 Å². The molecule has 180 valence electrons. The van der Waals surface area contributed by atoms with Gasteiger partial charge < -0.3 is 19.5 Å². The average molecular weight is 448 g/mol. The van der Waals surface area contributed by atoms with E-state index in [1.54, 1.807) is 11.9 Å². The molecule has 2 aliphatic heterocycles. The molecule has 3 rings (SSSR count). The van der Waals surface area contributed by atoms with Gasteiger partial charge in [-0.05, 0) is 58.2 Å². The zero-order valence-corrected chi connectivity index (χ0v) is 20.4. The summed E-state index contributed by atoms with van der Waals surface area (Å²) in [6.45, 7) is 13.5. The van der Waals surface area contributed by atoms with E-state index in [0.717, 1.165) is 51.3 Å². The minimum atomic E-state index is -0.472. The van der Waals surface area contributed by atoms with Crippen LogP contribution >= 0.6 is 0 Å². The number of hydrogen-bond acceptors (Lipinski definition) is 6. The normalized spacial score (nSPS) is 22.9. The fourth-order valence-corrected chi connectivity index (χ4v) is 4.30. The minimum Gasteiger partial charge on any atom is -0.493 e. The van der Waals surface area contributed by atoms with Crippen molar-refractivity contribution in [2.75, 3.05) is 46.4 Å². The van der Waals surface area contributed by atoms with Crippen molar-refractivity contribution in [1.29, 1.82) is 0 Å². The SMILES string of the molecule is C[C@H]1CC[C@H](COc2cccc(CN3CC(O)C3)c2)CN1CCN(C)C(=O)OC(C)(C)C. The van der Waals surface area contributed by atoms with Crippen LogP contribution in [0, 0.1) is 5.92 Å². The number of likely N-dealkylation sites (N-methyl/N-ethyl adjacent to an activating group) is 1. The molecule has 7 nitrogen and oxygen atoms in total. The molecule has 2 aliphatic rings. The molecule has 32 heavy (non-hydrogen) atoms. The Morgan fingerprint density at radius 2 is 1.97 bits per heavy atom. The molecule has 1 aromatic rings. The van der Waals surface area contributed by atoms with Gasteiger partial charge in [-0.3, -0.25) is 9.80 Å². The summed E-state index contributed by atoms with van der Waals surface area (Å²) in [4.78, 5) is 18.6. The van der Waals surface area contributed by atoms with E-state index in [-0.39, 0.29) is 12.2 Å². The summed E-state index contributed by atoms with van der Waals surface area (Å²) < 4.78 is 11.6. The summed E-state index contributed by atoms with van der Waals surface area (Å²) in [5.41, 5.74) is 0.749. The lowest BCUT2D eigenvalue weighted by Gasteiger charge is -2.38. The molecule has 7 heteroatoms. The van der Waals surface area contributed by atoms with Crippen LogP contribution in [0.4, 0.5) is 4.79 Å². The highest BCUT2D eigenvalue weighted by Gasteiger charge is 2.27. The van der Waals surface area contributed by atoms with E-state index < -0.39 is 5.60 Å². The Hall–Kier alpha value is -1.83. The number of hydrogen-bond donors (Lipinski definition) is 1. The second-order valence-corrected chi connectivity index (χ2v) is 10.5. The van der Waals surface area contributed by atoms with Crippen molar-refractivity contribution in [3.8, 4) is 5.75 Å². The lowest BCUT2D eigenvalue weighted by atomic mass is 9.94. The van der Waals surface area contributed by atoms with E-state index in [1.165, 1.54) is 5.56 Å². The summed E-state index contributed by atoms with van der Waals surface area (Å²) >= 11 is 0. The number of β-amino-alcohol motifs (C(OH)–C–C–N with tert-alkyl or cyclic N) is 1. The van der Waals surface area contributed by atoms with Gasteiger partial charge in [0, 0.05) is 58.3 Å². The van der Waals surface area contributed by atoms with Gasteiger partial charge in [0.05, 0.1) is 12.7 Å². The quantitative estimate of drug-likeness (QED) is 0.660. The van der Waals surface area contributed by atoms with Crippen LogP contribution < -0.4 is 4.74 Å². The molecule has 0 aliphatic carbocycles. The van der Waals surface area contributed by atoms with Gasteiger partial charge in [-0.2, -0.15) is 0 Å². The molecule has 0 saturated carbocycles. The first-order valence-corrected chi connectivity index (χ1v) is 11.9. The molecule has 2 atom stereocenters. The van der Waals surface area contributed by atoms with Crippen LogP contribution in [0.1, 0.15) is 46.1 Å². The summed E-state index contributed by atoms with van der Waals surface area (Å²) in [5.74, 6) is 1.39. The lowest BCUT2D eigenvalue weighted by molar-refractivity contribution is -0.00291. The maximum atomic E-state index is 12.2. The topological polar surface area (TPSA) is 65.5 Å². The van der Waals surface area contributed by atoms with Crippen LogP contribution in [-0.4, -0.2) is 90.0 Å². The van der Waals surface area contributed by atoms with Crippen LogP contribution in [0.25, 0.3) is 0 Å². The minimum absolute atomic E-state index is 0.171. The van der Waals surface area contributed by atoms with Crippen LogP contribution in [0.15, 0.2) is 24.3 Å². The number of aliphatic hydroxyl groups excluding tert-OH is 1. The van der Waals surface area contributed by atoms with Gasteiger partial charge in [0.1, 0.15) is 11.4 Å². The monoisotopic (exact) mass is 447 g/mol. The molecule has 0 bridgehead atoms. The summed E-state index contributed by atoms with van der Waals surface area (Å²) in [6.07, 6.45) is 1.86. The Morgan fingerprint density at radius 3 is 2.66 bits per heavy atom. The highest BCUT2D eigenvalue weighted by molar-refractivity contribution is 5.67. The van der Waals surface area contributed by atoms with Crippen molar-refractivity contribution in [2.24, 2.45) is 5.92 Å². The van der Waals surface area contributed by atoms with Gasteiger partial charge in [0.15, 0.2) is 0 Å². The number of carbonyl (C=O) groups excluding carboxylic acids is 1. The zero-order chi connectivity index (χ0) is 23.3. The van der Waals surface area contributed by atoms with Gasteiger partial charge in [-0.15, -0.1) is 0 Å². The Bertz CT molecular complexity index is 745. The number of amides is 1. The number of rotatable bonds is 8. The standard InChI is InChI=1S/C25H41N3O4/c1-19-9-10-21(15-28(19)12-11-26(5)24(30)32-25(2,3)4)18-31-23-8-6-7-20(13-23)14-27-16-22(29)17-27/h6-8,13,19,21-22,29H,9-12,14-18H2,1-5H3/t19-,21-/m0/s1. The van der Waals surface area contributed by atoms with E-state index in [9.17, 15) is 9.90 Å². The second-order valence-electron chi connectivity index (χ2n) is 10.5. The van der Waals surface area contributed by atoms with Crippen molar-refractivity contribution < 1.29 is 19.4 Å². The number of carbonyl (C=O) groups is 1. The third kappa shape index (κ3) is 7.64. The number of nitrogens with zero attached hydrogens (tertiary/aromatic N) is 3. The maximum absolute atomic E-state index is 12.2. The summed E-state index contributed by atoms with van der Waals surface area (Å²) in [6, 6.07) is 8.80. The van der Waals surface area contributed by atoms with E-state index in [4.69, 9.17) is 9.47 Å². The highest BCUT2D eigenvalue weighted by atomic mass is 16.6. The molecule has 2 saturated heterocycles. The molecule has 0 spiro atoms. The highest BCUT2D eigenvalue weighted by Crippen LogP contribution is 2.24. The molecule has 2 heterocycles. The van der Waals surface area contributed by atoms with Crippen molar-refractivity contribution in [3.63, 3.8) is 0 Å². The fourth-order valence-electron chi connectivity index (χ4n) is 4.30. The molecule has 1 amide bonds. The molecular formula is C25H41N3O4. The summed E-state index contributed by atoms with van der Waals surface area (Å²) in [7, 11) is 1.80. The van der Waals surface area contributed by atoms with Crippen LogP contribution in [0.2, 0.25) is 0 Å². The third-order valence-corrected chi connectivity index (χ3v) is 6.26. The van der Waals surface area contributed by atoms with Gasteiger partial charge >= 0.3 is 6.09 Å². The Balaban J connectivity index is 1.43. The smallest absolute Gasteiger partial charge is 0.410 e. The van der Waals surface area contributed by atoms with Crippen molar-refractivity contribution in [3.05, 3.63) is 29.8 Å². The van der Waals surface area contributed by atoms with E-state index >= 15 is 0 Å². The molecule has 2 fully saturated rings. The third-order valence-electron chi connectivity index (χ3n) is 6.26. The maximum Gasteiger partial charge on any atom is 0.410 e. The predicted molar refractivity (Wildman–Crippen MR) is 126 cm³/mol. The molecule has 0 aromatic heterocycles. The number of aliphatic hydroxyl groups is 1. The zero-order valence-electron chi connectivity index (χ0n) is 20.4. The van der Waals surface area contributed by atoms with Crippen molar-refractivity contribution in [1.82, 2.24) is 14.7 Å². The van der Waals surface area contributed by atoms with E-state index in [2.05, 4.69) is 28.9 Å². The molecular weight excluding hydrogens is 406 g/mol. The largest absolute Gasteiger partial charge is 0.493 e. The Morgan fingerprint density at radius 1 is 1.22 bits per heavy atom. The number of ether oxygens (including phenoxy) is 2. The first-order chi connectivity index (χ1) is 15.1. The first kappa shape index (κ1) is 24.8. The van der Waals surface area contributed by atoms with Gasteiger partial charge in [-0.1, -0.05) is 12.1 Å². The van der Waals surface area contributed by atoms with Crippen molar-refractivity contribution in [2.45, 2.75) is 64.8 Å². The van der Waals surface area contributed by atoms with Crippen LogP contribution in [-0.2, 0) is 11.3 Å². The van der Waals surface area contributed by atoms with E-state index in [0.29, 0.717) is 25.1 Å². The number of piperidine rings is 1. The number of likely N-dealkylation sites (tertiary alicyclic amines) is 2. The second kappa shape index (κ2) is 10.9.